The molecule has 2 heterocycles. The molecule has 1 fully saturated rings. The quantitative estimate of drug-likeness (QED) is 0.704. The van der Waals surface area contributed by atoms with Crippen LogP contribution in [-0.2, 0) is 11.3 Å². The Morgan fingerprint density at radius 2 is 2.53 bits per heavy atom. The van der Waals surface area contributed by atoms with Gasteiger partial charge in [0.2, 0.25) is 0 Å². The summed E-state index contributed by atoms with van der Waals surface area (Å²) in [5, 5.41) is 6.65. The maximum Gasteiger partial charge on any atom is 0.117 e. The van der Waals surface area contributed by atoms with Gasteiger partial charge in [0.25, 0.3) is 0 Å². The molecule has 1 aromatic heterocycles. The van der Waals surface area contributed by atoms with E-state index in [9.17, 15) is 0 Å². The molecule has 1 aliphatic heterocycles. The Bertz CT molecular complexity index is 256. The summed E-state index contributed by atoms with van der Waals surface area (Å²) in [6.07, 6.45) is 3.11. The predicted octanol–water partition coefficient (Wildman–Crippen LogP) is 0.748. The fraction of sp³-hybridized carbons (Fsp3) is 0.636. The van der Waals surface area contributed by atoms with Crippen LogP contribution in [0.1, 0.15) is 12.2 Å². The second-order valence-corrected chi connectivity index (χ2v) is 3.74. The number of rotatable bonds is 5. The lowest BCUT2D eigenvalue weighted by molar-refractivity contribution is 0.0238. The lowest BCUT2D eigenvalue weighted by Gasteiger charge is -2.23. The standard InChI is InChI=1S/C11H18N2O2/c1-2-10(14-6-1)8-12-4-3-11-9-13-5-7-15-11/h1-2,6,11-13H,3-5,7-9H2. The van der Waals surface area contributed by atoms with Gasteiger partial charge in [0, 0.05) is 13.1 Å². The Morgan fingerprint density at radius 3 is 3.27 bits per heavy atom. The normalized spacial score (nSPS) is 21.7. The minimum Gasteiger partial charge on any atom is -0.468 e. The van der Waals surface area contributed by atoms with Crippen LogP contribution in [0.3, 0.4) is 0 Å². The van der Waals surface area contributed by atoms with Gasteiger partial charge in [-0.05, 0) is 25.1 Å². The highest BCUT2D eigenvalue weighted by Crippen LogP contribution is 2.01. The van der Waals surface area contributed by atoms with E-state index in [0.29, 0.717) is 6.10 Å². The molecule has 2 N–H and O–H groups in total. The Hall–Kier alpha value is -0.840. The maximum absolute atomic E-state index is 5.59. The van der Waals surface area contributed by atoms with E-state index < -0.39 is 0 Å². The fourth-order valence-corrected chi connectivity index (χ4v) is 1.69. The van der Waals surface area contributed by atoms with E-state index in [1.54, 1.807) is 6.26 Å². The molecular formula is C11H18N2O2. The monoisotopic (exact) mass is 210 g/mol. The van der Waals surface area contributed by atoms with Gasteiger partial charge in [-0.15, -0.1) is 0 Å². The molecule has 1 atom stereocenters. The zero-order valence-electron chi connectivity index (χ0n) is 8.87. The average molecular weight is 210 g/mol. The first-order valence-electron chi connectivity index (χ1n) is 5.50. The molecule has 0 bridgehead atoms. The van der Waals surface area contributed by atoms with Crippen molar-refractivity contribution in [1.82, 2.24) is 10.6 Å². The molecule has 4 nitrogen and oxygen atoms in total. The smallest absolute Gasteiger partial charge is 0.117 e. The number of morpholine rings is 1. The summed E-state index contributed by atoms with van der Waals surface area (Å²) in [4.78, 5) is 0. The maximum atomic E-state index is 5.59. The molecule has 0 spiro atoms. The van der Waals surface area contributed by atoms with Crippen LogP contribution < -0.4 is 10.6 Å². The highest BCUT2D eigenvalue weighted by molar-refractivity contribution is 4.97. The highest BCUT2D eigenvalue weighted by atomic mass is 16.5. The van der Waals surface area contributed by atoms with Crippen molar-refractivity contribution >= 4 is 0 Å². The number of nitrogens with one attached hydrogen (secondary N) is 2. The van der Waals surface area contributed by atoms with Gasteiger partial charge < -0.3 is 19.8 Å². The van der Waals surface area contributed by atoms with Gasteiger partial charge in [-0.2, -0.15) is 0 Å². The fourth-order valence-electron chi connectivity index (χ4n) is 1.69. The first-order valence-corrected chi connectivity index (χ1v) is 5.50. The second kappa shape index (κ2) is 5.90. The topological polar surface area (TPSA) is 46.4 Å². The van der Waals surface area contributed by atoms with E-state index in [-0.39, 0.29) is 0 Å². The summed E-state index contributed by atoms with van der Waals surface area (Å²) in [5.41, 5.74) is 0. The molecule has 1 unspecified atom stereocenters. The van der Waals surface area contributed by atoms with Crippen LogP contribution >= 0.6 is 0 Å². The van der Waals surface area contributed by atoms with Gasteiger partial charge in [-0.3, -0.25) is 0 Å². The lowest BCUT2D eigenvalue weighted by atomic mass is 10.2. The zero-order valence-corrected chi connectivity index (χ0v) is 8.87. The second-order valence-electron chi connectivity index (χ2n) is 3.74. The van der Waals surface area contributed by atoms with E-state index in [1.807, 2.05) is 12.1 Å². The summed E-state index contributed by atoms with van der Waals surface area (Å²) in [5.74, 6) is 0.984. The summed E-state index contributed by atoms with van der Waals surface area (Å²) in [7, 11) is 0. The van der Waals surface area contributed by atoms with Crippen LogP contribution in [0.25, 0.3) is 0 Å². The first-order chi connectivity index (χ1) is 7.45. The van der Waals surface area contributed by atoms with Gasteiger partial charge in [0.05, 0.1) is 25.5 Å². The van der Waals surface area contributed by atoms with Crippen molar-refractivity contribution in [1.29, 1.82) is 0 Å². The van der Waals surface area contributed by atoms with Crippen molar-refractivity contribution in [3.63, 3.8) is 0 Å². The number of hydrogen-bond donors (Lipinski definition) is 2. The molecule has 0 amide bonds. The van der Waals surface area contributed by atoms with Crippen LogP contribution in [0, 0.1) is 0 Å². The van der Waals surface area contributed by atoms with Crippen molar-refractivity contribution in [3.05, 3.63) is 24.2 Å². The van der Waals surface area contributed by atoms with Gasteiger partial charge >= 0.3 is 0 Å². The van der Waals surface area contributed by atoms with E-state index >= 15 is 0 Å². The van der Waals surface area contributed by atoms with Crippen molar-refractivity contribution in [2.75, 3.05) is 26.2 Å². The molecule has 0 aliphatic carbocycles. The number of ether oxygens (including phenoxy) is 1. The third-order valence-electron chi connectivity index (χ3n) is 2.53. The zero-order chi connectivity index (χ0) is 10.3. The Balaban J connectivity index is 1.54. The van der Waals surface area contributed by atoms with Crippen LogP contribution in [0.4, 0.5) is 0 Å². The molecule has 0 radical (unpaired) electrons. The van der Waals surface area contributed by atoms with Crippen LogP contribution in [0.5, 0.6) is 0 Å². The molecule has 1 aliphatic rings. The largest absolute Gasteiger partial charge is 0.468 e. The lowest BCUT2D eigenvalue weighted by Crippen LogP contribution is -2.39. The minimum absolute atomic E-state index is 0.364. The molecule has 2 rings (SSSR count). The SMILES string of the molecule is c1coc(CNCCC2CNCCO2)c1. The van der Waals surface area contributed by atoms with Gasteiger partial charge in [-0.1, -0.05) is 0 Å². The van der Waals surface area contributed by atoms with E-state index in [1.165, 1.54) is 0 Å². The Kier molecular flexibility index (Phi) is 4.20. The predicted molar refractivity (Wildman–Crippen MR) is 57.6 cm³/mol. The van der Waals surface area contributed by atoms with Crippen molar-refractivity contribution in [2.24, 2.45) is 0 Å². The molecular weight excluding hydrogens is 192 g/mol. The molecule has 1 saturated heterocycles. The highest BCUT2D eigenvalue weighted by Gasteiger charge is 2.12. The van der Waals surface area contributed by atoms with Gasteiger partial charge in [-0.25, -0.2) is 0 Å². The molecule has 84 valence electrons. The van der Waals surface area contributed by atoms with Gasteiger partial charge in [0.15, 0.2) is 0 Å². The molecule has 4 heteroatoms. The van der Waals surface area contributed by atoms with E-state index in [4.69, 9.17) is 9.15 Å². The summed E-state index contributed by atoms with van der Waals surface area (Å²) in [6, 6.07) is 3.89. The minimum atomic E-state index is 0.364. The third kappa shape index (κ3) is 3.66. The van der Waals surface area contributed by atoms with Crippen LogP contribution in [0.15, 0.2) is 22.8 Å². The molecule has 0 saturated carbocycles. The van der Waals surface area contributed by atoms with Crippen molar-refractivity contribution in [2.45, 2.75) is 19.1 Å². The number of furan rings is 1. The first kappa shape index (κ1) is 10.7. The average Bonchev–Trinajstić information content (AvgIpc) is 2.79. The van der Waals surface area contributed by atoms with Crippen LogP contribution in [0.2, 0.25) is 0 Å². The Morgan fingerprint density at radius 1 is 1.53 bits per heavy atom. The third-order valence-corrected chi connectivity index (χ3v) is 2.53. The molecule has 0 aromatic carbocycles. The summed E-state index contributed by atoms with van der Waals surface area (Å²) in [6.45, 7) is 4.56. The summed E-state index contributed by atoms with van der Waals surface area (Å²) < 4.78 is 10.8. The Labute approximate surface area is 90.0 Å². The van der Waals surface area contributed by atoms with E-state index in [2.05, 4.69) is 10.6 Å². The summed E-state index contributed by atoms with van der Waals surface area (Å²) >= 11 is 0. The van der Waals surface area contributed by atoms with Crippen molar-refractivity contribution in [3.8, 4) is 0 Å². The van der Waals surface area contributed by atoms with Gasteiger partial charge in [0.1, 0.15) is 5.76 Å². The molecule has 15 heavy (non-hydrogen) atoms. The van der Waals surface area contributed by atoms with Crippen molar-refractivity contribution < 1.29 is 9.15 Å². The molecule has 1 aromatic rings. The van der Waals surface area contributed by atoms with Crippen LogP contribution in [-0.4, -0.2) is 32.3 Å². The van der Waals surface area contributed by atoms with E-state index in [0.717, 1.165) is 45.0 Å². The number of hydrogen-bond acceptors (Lipinski definition) is 4.